The number of benzene rings is 1. The maximum atomic E-state index is 11.6. The van der Waals surface area contributed by atoms with E-state index in [1.807, 2.05) is 0 Å². The molecule has 1 aromatic rings. The molecule has 104 valence electrons. The van der Waals surface area contributed by atoms with Crippen LogP contribution in [0.2, 0.25) is 10.0 Å². The van der Waals surface area contributed by atoms with Crippen LogP contribution in [0.5, 0.6) is 0 Å². The third kappa shape index (κ3) is 5.46. The lowest BCUT2D eigenvalue weighted by atomic mass is 10.1. The predicted molar refractivity (Wildman–Crippen MR) is 71.4 cm³/mol. The van der Waals surface area contributed by atoms with Gasteiger partial charge in [0.2, 0.25) is 5.91 Å². The Hall–Kier alpha value is -1.30. The first kappa shape index (κ1) is 15.8. The minimum Gasteiger partial charge on any atom is -0.479 e. The van der Waals surface area contributed by atoms with Crippen molar-refractivity contribution in [2.24, 2.45) is 0 Å². The van der Waals surface area contributed by atoms with Gasteiger partial charge in [0.15, 0.2) is 6.10 Å². The number of nitrogens with one attached hydrogen (secondary N) is 1. The second kappa shape index (κ2) is 7.33. The standard InChI is InChI=1S/C12H13Cl2NO4/c13-8-2-1-7(9(14)6-8)5-11(17)15-4-3-10(16)12(18)19/h1-2,6,10,16H,3-5H2,(H,15,17)(H,18,19)/t10-/m0/s1. The monoisotopic (exact) mass is 305 g/mol. The van der Waals surface area contributed by atoms with Crippen molar-refractivity contribution in [2.45, 2.75) is 18.9 Å². The van der Waals surface area contributed by atoms with Gasteiger partial charge in [-0.3, -0.25) is 4.79 Å². The molecule has 0 fully saturated rings. The Morgan fingerprint density at radius 2 is 2.00 bits per heavy atom. The van der Waals surface area contributed by atoms with Gasteiger partial charge in [0, 0.05) is 23.0 Å². The predicted octanol–water partition coefficient (Wildman–Crippen LogP) is 1.49. The number of halogens is 2. The van der Waals surface area contributed by atoms with Crippen LogP contribution in [0, 0.1) is 0 Å². The Morgan fingerprint density at radius 1 is 1.32 bits per heavy atom. The van der Waals surface area contributed by atoms with Crippen molar-refractivity contribution in [1.29, 1.82) is 0 Å². The van der Waals surface area contributed by atoms with Crippen molar-refractivity contribution in [3.05, 3.63) is 33.8 Å². The molecule has 0 bridgehead atoms. The second-order valence-corrected chi connectivity index (χ2v) is 4.75. The van der Waals surface area contributed by atoms with E-state index in [2.05, 4.69) is 5.32 Å². The number of hydrogen-bond donors (Lipinski definition) is 3. The summed E-state index contributed by atoms with van der Waals surface area (Å²) in [5.74, 6) is -1.61. The molecule has 0 aliphatic rings. The normalized spacial score (nSPS) is 11.9. The summed E-state index contributed by atoms with van der Waals surface area (Å²) >= 11 is 11.7. The Bertz CT molecular complexity index is 479. The van der Waals surface area contributed by atoms with E-state index in [0.29, 0.717) is 15.6 Å². The van der Waals surface area contributed by atoms with E-state index in [1.54, 1.807) is 18.2 Å². The van der Waals surface area contributed by atoms with Crippen LogP contribution in [-0.2, 0) is 16.0 Å². The van der Waals surface area contributed by atoms with Crippen LogP contribution in [0.25, 0.3) is 0 Å². The van der Waals surface area contributed by atoms with Gasteiger partial charge < -0.3 is 15.5 Å². The van der Waals surface area contributed by atoms with Gasteiger partial charge in [-0.05, 0) is 17.7 Å². The molecular weight excluding hydrogens is 293 g/mol. The van der Waals surface area contributed by atoms with Gasteiger partial charge in [0.1, 0.15) is 0 Å². The topological polar surface area (TPSA) is 86.6 Å². The molecule has 1 amide bonds. The molecular formula is C12H13Cl2NO4. The van der Waals surface area contributed by atoms with E-state index in [9.17, 15) is 9.59 Å². The van der Waals surface area contributed by atoms with E-state index < -0.39 is 12.1 Å². The third-order valence-corrected chi connectivity index (χ3v) is 2.98. The Labute approximate surface area is 120 Å². The van der Waals surface area contributed by atoms with E-state index in [0.717, 1.165) is 0 Å². The molecule has 0 aromatic heterocycles. The summed E-state index contributed by atoms with van der Waals surface area (Å²) in [7, 11) is 0. The minimum absolute atomic E-state index is 0.0462. The Morgan fingerprint density at radius 3 is 2.58 bits per heavy atom. The third-order valence-electron chi connectivity index (χ3n) is 2.39. The summed E-state index contributed by atoms with van der Waals surface area (Å²) < 4.78 is 0. The molecule has 1 aromatic carbocycles. The number of hydrogen-bond acceptors (Lipinski definition) is 3. The molecule has 0 unspecified atom stereocenters. The zero-order valence-corrected chi connectivity index (χ0v) is 11.4. The Balaban J connectivity index is 2.41. The van der Waals surface area contributed by atoms with Crippen LogP contribution in [0.3, 0.4) is 0 Å². The summed E-state index contributed by atoms with van der Waals surface area (Å²) in [6, 6.07) is 4.82. The lowest BCUT2D eigenvalue weighted by molar-refractivity contribution is -0.147. The summed E-state index contributed by atoms with van der Waals surface area (Å²) in [5.41, 5.74) is 0.627. The van der Waals surface area contributed by atoms with Crippen LogP contribution in [-0.4, -0.2) is 34.7 Å². The van der Waals surface area contributed by atoms with Crippen molar-refractivity contribution in [3.63, 3.8) is 0 Å². The molecule has 0 radical (unpaired) electrons. The maximum Gasteiger partial charge on any atom is 0.332 e. The van der Waals surface area contributed by atoms with Crippen molar-refractivity contribution in [3.8, 4) is 0 Å². The van der Waals surface area contributed by atoms with Crippen molar-refractivity contribution in [2.75, 3.05) is 6.54 Å². The summed E-state index contributed by atoms with van der Waals surface area (Å²) in [5, 5.41) is 20.9. The number of aliphatic hydroxyl groups is 1. The SMILES string of the molecule is O=C(Cc1ccc(Cl)cc1Cl)NCC[C@H](O)C(=O)O. The smallest absolute Gasteiger partial charge is 0.332 e. The lowest BCUT2D eigenvalue weighted by Crippen LogP contribution is -2.31. The number of carbonyl (C=O) groups is 2. The summed E-state index contributed by atoms with van der Waals surface area (Å²) in [6.07, 6.45) is -1.45. The van der Waals surface area contributed by atoms with Crippen LogP contribution in [0.15, 0.2) is 18.2 Å². The van der Waals surface area contributed by atoms with E-state index in [4.69, 9.17) is 33.4 Å². The molecule has 0 aliphatic heterocycles. The highest BCUT2D eigenvalue weighted by molar-refractivity contribution is 6.35. The van der Waals surface area contributed by atoms with E-state index >= 15 is 0 Å². The number of aliphatic hydroxyl groups excluding tert-OH is 1. The zero-order chi connectivity index (χ0) is 14.4. The first-order valence-corrected chi connectivity index (χ1v) is 6.27. The van der Waals surface area contributed by atoms with Crippen LogP contribution in [0.1, 0.15) is 12.0 Å². The highest BCUT2D eigenvalue weighted by Gasteiger charge is 2.13. The van der Waals surface area contributed by atoms with Gasteiger partial charge in [0.25, 0.3) is 0 Å². The minimum atomic E-state index is -1.47. The van der Waals surface area contributed by atoms with Crippen LogP contribution in [0.4, 0.5) is 0 Å². The number of carboxylic acid groups (broad SMARTS) is 1. The zero-order valence-electron chi connectivity index (χ0n) is 9.90. The molecule has 0 heterocycles. The molecule has 1 rings (SSSR count). The highest BCUT2D eigenvalue weighted by atomic mass is 35.5. The van der Waals surface area contributed by atoms with Gasteiger partial charge in [-0.1, -0.05) is 29.3 Å². The fourth-order valence-electron chi connectivity index (χ4n) is 1.37. The van der Waals surface area contributed by atoms with Gasteiger partial charge in [-0.15, -0.1) is 0 Å². The van der Waals surface area contributed by atoms with Gasteiger partial charge in [-0.2, -0.15) is 0 Å². The highest BCUT2D eigenvalue weighted by Crippen LogP contribution is 2.21. The molecule has 0 saturated carbocycles. The molecule has 0 spiro atoms. The average Bonchev–Trinajstić information content (AvgIpc) is 2.32. The molecule has 5 nitrogen and oxygen atoms in total. The van der Waals surface area contributed by atoms with Gasteiger partial charge in [0.05, 0.1) is 6.42 Å². The average molecular weight is 306 g/mol. The van der Waals surface area contributed by atoms with Gasteiger partial charge in [-0.25, -0.2) is 4.79 Å². The van der Waals surface area contributed by atoms with E-state index in [1.165, 1.54) is 0 Å². The quantitative estimate of drug-likeness (QED) is 0.743. The fourth-order valence-corrected chi connectivity index (χ4v) is 1.85. The van der Waals surface area contributed by atoms with Gasteiger partial charge >= 0.3 is 5.97 Å². The van der Waals surface area contributed by atoms with Crippen molar-refractivity contribution < 1.29 is 19.8 Å². The number of carbonyl (C=O) groups excluding carboxylic acids is 1. The second-order valence-electron chi connectivity index (χ2n) is 3.91. The lowest BCUT2D eigenvalue weighted by Gasteiger charge is -2.08. The molecule has 1 atom stereocenters. The van der Waals surface area contributed by atoms with Crippen LogP contribution < -0.4 is 5.32 Å². The summed E-state index contributed by atoms with van der Waals surface area (Å²) in [4.78, 5) is 21.9. The molecule has 0 saturated heterocycles. The van der Waals surface area contributed by atoms with Crippen LogP contribution >= 0.6 is 23.2 Å². The fraction of sp³-hybridized carbons (Fsp3) is 0.333. The number of aliphatic carboxylic acids is 1. The maximum absolute atomic E-state index is 11.6. The summed E-state index contributed by atoms with van der Waals surface area (Å²) in [6.45, 7) is 0.0809. The Kier molecular flexibility index (Phi) is 6.08. The van der Waals surface area contributed by atoms with Crippen molar-refractivity contribution >= 4 is 35.1 Å². The molecule has 19 heavy (non-hydrogen) atoms. The largest absolute Gasteiger partial charge is 0.479 e. The molecule has 0 aliphatic carbocycles. The van der Waals surface area contributed by atoms with E-state index in [-0.39, 0.29) is 25.3 Å². The number of amides is 1. The first-order chi connectivity index (χ1) is 8.90. The van der Waals surface area contributed by atoms with Crippen molar-refractivity contribution in [1.82, 2.24) is 5.32 Å². The molecule has 3 N–H and O–H groups in total. The first-order valence-electron chi connectivity index (χ1n) is 5.51. The number of carboxylic acids is 1. The molecule has 7 heteroatoms. The number of rotatable bonds is 6.